The van der Waals surface area contributed by atoms with E-state index in [1.165, 1.54) is 18.9 Å². The van der Waals surface area contributed by atoms with Gasteiger partial charge < -0.3 is 5.73 Å². The normalized spacial score (nSPS) is 15.7. The molecule has 102 valence electrons. The van der Waals surface area contributed by atoms with E-state index in [0.717, 1.165) is 5.56 Å². The van der Waals surface area contributed by atoms with Crippen LogP contribution >= 0.6 is 0 Å². The van der Waals surface area contributed by atoms with E-state index < -0.39 is 18.3 Å². The van der Waals surface area contributed by atoms with Gasteiger partial charge in [-0.2, -0.15) is 13.2 Å². The van der Waals surface area contributed by atoms with E-state index in [9.17, 15) is 13.2 Å². The highest BCUT2D eigenvalue weighted by atomic mass is 19.4. The minimum Gasteiger partial charge on any atom is -0.326 e. The number of pyridine rings is 1. The first-order chi connectivity index (χ1) is 8.32. The molecule has 2 unspecified atom stereocenters. The van der Waals surface area contributed by atoms with Crippen molar-refractivity contribution < 1.29 is 13.2 Å². The van der Waals surface area contributed by atoms with Crippen LogP contribution in [0.2, 0.25) is 0 Å². The van der Waals surface area contributed by atoms with Gasteiger partial charge in [0, 0.05) is 25.0 Å². The molecule has 2 N–H and O–H groups in total. The predicted molar refractivity (Wildman–Crippen MR) is 64.1 cm³/mol. The van der Waals surface area contributed by atoms with Crippen LogP contribution in [0, 0.1) is 0 Å². The van der Waals surface area contributed by atoms with Crippen molar-refractivity contribution in [3.8, 4) is 0 Å². The fraction of sp³-hybridized carbons (Fsp3) is 0.583. The maximum atomic E-state index is 12.8. The lowest BCUT2D eigenvalue weighted by atomic mass is 10.1. The second-order valence-electron chi connectivity index (χ2n) is 4.43. The molecule has 0 saturated carbocycles. The lowest BCUT2D eigenvalue weighted by Crippen LogP contribution is -2.54. The molecule has 6 heteroatoms. The van der Waals surface area contributed by atoms with E-state index in [1.807, 2.05) is 0 Å². The maximum Gasteiger partial charge on any atom is 0.405 e. The molecule has 0 aromatic carbocycles. The molecule has 1 aromatic rings. The van der Waals surface area contributed by atoms with Crippen molar-refractivity contribution in [1.82, 2.24) is 9.88 Å². The minimum absolute atomic E-state index is 0.301. The molecular weight excluding hydrogens is 243 g/mol. The zero-order chi connectivity index (χ0) is 13.8. The van der Waals surface area contributed by atoms with Crippen molar-refractivity contribution in [2.45, 2.75) is 31.6 Å². The van der Waals surface area contributed by atoms with Crippen LogP contribution in [0.3, 0.4) is 0 Å². The molecule has 2 atom stereocenters. The number of nitrogens with two attached hydrogens (primary N) is 1. The van der Waals surface area contributed by atoms with E-state index in [-0.39, 0.29) is 0 Å². The third-order valence-electron chi connectivity index (χ3n) is 2.81. The van der Waals surface area contributed by atoms with Gasteiger partial charge in [0.1, 0.15) is 6.04 Å². The van der Waals surface area contributed by atoms with Crippen molar-refractivity contribution >= 4 is 0 Å². The fourth-order valence-corrected chi connectivity index (χ4v) is 1.94. The van der Waals surface area contributed by atoms with Crippen LogP contribution in [0.25, 0.3) is 0 Å². The number of aromatic nitrogens is 1. The van der Waals surface area contributed by atoms with E-state index in [2.05, 4.69) is 4.98 Å². The Bertz CT molecular complexity index is 351. The zero-order valence-electron chi connectivity index (χ0n) is 10.5. The summed E-state index contributed by atoms with van der Waals surface area (Å²) in [4.78, 5) is 5.12. The molecule has 1 rings (SSSR count). The lowest BCUT2D eigenvalue weighted by molar-refractivity contribution is -0.184. The third kappa shape index (κ3) is 4.27. The van der Waals surface area contributed by atoms with Crippen LogP contribution in [0.5, 0.6) is 0 Å². The topological polar surface area (TPSA) is 42.1 Å². The average molecular weight is 261 g/mol. The number of rotatable bonds is 5. The first-order valence-electron chi connectivity index (χ1n) is 5.74. The average Bonchev–Trinajstić information content (AvgIpc) is 2.25. The fourth-order valence-electron chi connectivity index (χ4n) is 1.94. The van der Waals surface area contributed by atoms with Crippen molar-refractivity contribution in [3.05, 3.63) is 30.1 Å². The third-order valence-corrected chi connectivity index (χ3v) is 2.81. The highest BCUT2D eigenvalue weighted by molar-refractivity contribution is 5.10. The number of alkyl halides is 3. The number of hydrogen-bond acceptors (Lipinski definition) is 3. The predicted octanol–water partition coefficient (Wildman–Crippen LogP) is 1.83. The summed E-state index contributed by atoms with van der Waals surface area (Å²) < 4.78 is 38.4. The van der Waals surface area contributed by atoms with Gasteiger partial charge in [-0.3, -0.25) is 9.88 Å². The molecule has 0 bridgehead atoms. The van der Waals surface area contributed by atoms with Crippen LogP contribution in [0.1, 0.15) is 12.5 Å². The maximum absolute atomic E-state index is 12.8. The van der Waals surface area contributed by atoms with Crippen LogP contribution in [-0.4, -0.2) is 41.7 Å². The van der Waals surface area contributed by atoms with Gasteiger partial charge in [-0.05, 0) is 38.1 Å². The van der Waals surface area contributed by atoms with Gasteiger partial charge in [0.2, 0.25) is 0 Å². The van der Waals surface area contributed by atoms with Crippen molar-refractivity contribution in [3.63, 3.8) is 0 Å². The molecule has 0 aliphatic rings. The largest absolute Gasteiger partial charge is 0.405 e. The molecule has 0 fully saturated rings. The number of likely N-dealkylation sites (N-methyl/N-ethyl adjacent to an activating group) is 1. The van der Waals surface area contributed by atoms with E-state index in [0.29, 0.717) is 13.0 Å². The second kappa shape index (κ2) is 6.15. The van der Waals surface area contributed by atoms with E-state index in [4.69, 9.17) is 5.73 Å². The SMILES string of the molecule is CC(N)C(N(C)CCc1ccncc1)C(F)(F)F. The summed E-state index contributed by atoms with van der Waals surface area (Å²) in [6.07, 6.45) is -0.510. The number of halogens is 3. The summed E-state index contributed by atoms with van der Waals surface area (Å²) in [5.74, 6) is 0. The number of nitrogens with zero attached hydrogens (tertiary/aromatic N) is 2. The Kier molecular flexibility index (Phi) is 5.10. The van der Waals surface area contributed by atoms with Gasteiger partial charge in [-0.15, -0.1) is 0 Å². The highest BCUT2D eigenvalue weighted by Crippen LogP contribution is 2.26. The lowest BCUT2D eigenvalue weighted by Gasteiger charge is -2.32. The van der Waals surface area contributed by atoms with E-state index in [1.54, 1.807) is 24.5 Å². The molecule has 3 nitrogen and oxygen atoms in total. The summed E-state index contributed by atoms with van der Waals surface area (Å²) in [6.45, 7) is 1.68. The second-order valence-corrected chi connectivity index (χ2v) is 4.43. The van der Waals surface area contributed by atoms with Gasteiger partial charge in [0.05, 0.1) is 0 Å². The first-order valence-corrected chi connectivity index (χ1v) is 5.74. The summed E-state index contributed by atoms with van der Waals surface area (Å²) in [5, 5.41) is 0. The smallest absolute Gasteiger partial charge is 0.326 e. The molecule has 18 heavy (non-hydrogen) atoms. The monoisotopic (exact) mass is 261 g/mol. The quantitative estimate of drug-likeness (QED) is 0.879. The summed E-state index contributed by atoms with van der Waals surface area (Å²) in [7, 11) is 1.45. The first kappa shape index (κ1) is 14.9. The zero-order valence-corrected chi connectivity index (χ0v) is 10.5. The Morgan fingerprint density at radius 3 is 2.33 bits per heavy atom. The van der Waals surface area contributed by atoms with Crippen LogP contribution in [0.4, 0.5) is 13.2 Å². The van der Waals surface area contributed by atoms with Crippen molar-refractivity contribution in [2.24, 2.45) is 5.73 Å². The van der Waals surface area contributed by atoms with Crippen LogP contribution < -0.4 is 5.73 Å². The molecular formula is C12H18F3N3. The van der Waals surface area contributed by atoms with Gasteiger partial charge in [0.15, 0.2) is 0 Å². The molecule has 0 saturated heterocycles. The molecule has 0 aliphatic heterocycles. The Balaban J connectivity index is 2.60. The van der Waals surface area contributed by atoms with Gasteiger partial charge >= 0.3 is 6.18 Å². The minimum atomic E-state index is -4.30. The Labute approximate surface area is 105 Å². The Hall–Kier alpha value is -1.14. The van der Waals surface area contributed by atoms with Gasteiger partial charge in [-0.25, -0.2) is 0 Å². The van der Waals surface area contributed by atoms with Gasteiger partial charge in [-0.1, -0.05) is 0 Å². The van der Waals surface area contributed by atoms with E-state index >= 15 is 0 Å². The highest BCUT2D eigenvalue weighted by Gasteiger charge is 2.44. The van der Waals surface area contributed by atoms with Gasteiger partial charge in [0.25, 0.3) is 0 Å². The Morgan fingerprint density at radius 1 is 1.33 bits per heavy atom. The molecule has 0 aliphatic carbocycles. The molecule has 0 radical (unpaired) electrons. The summed E-state index contributed by atoms with van der Waals surface area (Å²) >= 11 is 0. The van der Waals surface area contributed by atoms with Crippen molar-refractivity contribution in [2.75, 3.05) is 13.6 Å². The van der Waals surface area contributed by atoms with Crippen LogP contribution in [0.15, 0.2) is 24.5 Å². The molecule has 0 spiro atoms. The molecule has 1 aromatic heterocycles. The molecule has 1 heterocycles. The Morgan fingerprint density at radius 2 is 1.89 bits per heavy atom. The van der Waals surface area contributed by atoms with Crippen molar-refractivity contribution in [1.29, 1.82) is 0 Å². The summed E-state index contributed by atoms with van der Waals surface area (Å²) in [6, 6.07) is 1.02. The molecule has 0 amide bonds. The number of hydrogen-bond donors (Lipinski definition) is 1. The standard InChI is InChI=1S/C12H18F3N3/c1-9(16)11(12(13,14)15)18(2)8-5-10-3-6-17-7-4-10/h3-4,6-7,9,11H,5,8,16H2,1-2H3. The van der Waals surface area contributed by atoms with Crippen LogP contribution in [-0.2, 0) is 6.42 Å². The summed E-state index contributed by atoms with van der Waals surface area (Å²) in [5.41, 5.74) is 6.38.